The van der Waals surface area contributed by atoms with E-state index in [-0.39, 0.29) is 6.61 Å². The van der Waals surface area contributed by atoms with Crippen molar-refractivity contribution < 1.29 is 14.3 Å². The van der Waals surface area contributed by atoms with Crippen LogP contribution in [0.2, 0.25) is 0 Å². The van der Waals surface area contributed by atoms with Gasteiger partial charge in [-0.1, -0.05) is 18.2 Å². The molecule has 0 N–H and O–H groups in total. The molecule has 0 saturated heterocycles. The number of esters is 1. The molecule has 0 heterocycles. The topological polar surface area (TPSA) is 46.6 Å². The molecule has 0 bridgehead atoms. The van der Waals surface area contributed by atoms with Gasteiger partial charge in [-0.3, -0.25) is 4.79 Å². The van der Waals surface area contributed by atoms with Crippen molar-refractivity contribution in [1.82, 2.24) is 4.90 Å². The third-order valence-corrected chi connectivity index (χ3v) is 1.95. The summed E-state index contributed by atoms with van der Waals surface area (Å²) in [6.07, 6.45) is 6.93. The molecule has 4 nitrogen and oxygen atoms in total. The summed E-state index contributed by atoms with van der Waals surface area (Å²) < 4.78 is 4.67. The van der Waals surface area contributed by atoms with E-state index in [9.17, 15) is 9.59 Å². The SMILES string of the molecule is CCOC(=O)C(=O)C1=CC=C/C1=C\N(C)C. The Balaban J connectivity index is 2.82. The molecule has 0 saturated carbocycles. The predicted octanol–water partition coefficient (Wildman–Crippen LogP) is 1.06. The van der Waals surface area contributed by atoms with Gasteiger partial charge in [-0.2, -0.15) is 0 Å². The molecule has 0 aromatic rings. The molecule has 1 rings (SSSR count). The van der Waals surface area contributed by atoms with Crippen LogP contribution in [0.5, 0.6) is 0 Å². The van der Waals surface area contributed by atoms with Crippen LogP contribution in [0.3, 0.4) is 0 Å². The van der Waals surface area contributed by atoms with Crippen molar-refractivity contribution in [2.24, 2.45) is 0 Å². The summed E-state index contributed by atoms with van der Waals surface area (Å²) >= 11 is 0. The summed E-state index contributed by atoms with van der Waals surface area (Å²) in [5, 5.41) is 0. The number of carbonyl (C=O) groups excluding carboxylic acids is 2. The molecule has 0 spiro atoms. The first-order valence-corrected chi connectivity index (χ1v) is 5.04. The van der Waals surface area contributed by atoms with Gasteiger partial charge in [0.15, 0.2) is 0 Å². The van der Waals surface area contributed by atoms with Crippen LogP contribution in [0.1, 0.15) is 6.92 Å². The van der Waals surface area contributed by atoms with Crippen LogP contribution in [0, 0.1) is 0 Å². The maximum Gasteiger partial charge on any atom is 0.379 e. The summed E-state index contributed by atoms with van der Waals surface area (Å²) in [4.78, 5) is 24.8. The number of hydrogen-bond acceptors (Lipinski definition) is 4. The van der Waals surface area contributed by atoms with E-state index >= 15 is 0 Å². The fourth-order valence-corrected chi connectivity index (χ4v) is 1.34. The first-order valence-electron chi connectivity index (χ1n) is 5.04. The van der Waals surface area contributed by atoms with Gasteiger partial charge in [0, 0.05) is 31.4 Å². The lowest BCUT2D eigenvalue weighted by atomic mass is 10.1. The van der Waals surface area contributed by atoms with Crippen molar-refractivity contribution in [1.29, 1.82) is 0 Å². The quantitative estimate of drug-likeness (QED) is 0.526. The van der Waals surface area contributed by atoms with Crippen LogP contribution >= 0.6 is 0 Å². The van der Waals surface area contributed by atoms with E-state index in [4.69, 9.17) is 0 Å². The Hall–Kier alpha value is -1.84. The van der Waals surface area contributed by atoms with Crippen LogP contribution in [-0.4, -0.2) is 37.4 Å². The highest BCUT2D eigenvalue weighted by Gasteiger charge is 2.23. The molecular formula is C12H15NO3. The van der Waals surface area contributed by atoms with Crippen LogP contribution in [0.25, 0.3) is 0 Å². The number of nitrogens with zero attached hydrogens (tertiary/aromatic N) is 1. The number of allylic oxidation sites excluding steroid dienone is 4. The molecule has 0 radical (unpaired) electrons. The average molecular weight is 221 g/mol. The molecule has 1 aliphatic carbocycles. The zero-order valence-electron chi connectivity index (χ0n) is 9.69. The lowest BCUT2D eigenvalue weighted by molar-refractivity contribution is -0.151. The van der Waals surface area contributed by atoms with Crippen molar-refractivity contribution in [3.8, 4) is 0 Å². The minimum atomic E-state index is -0.804. The Morgan fingerprint density at radius 3 is 2.69 bits per heavy atom. The van der Waals surface area contributed by atoms with Gasteiger partial charge >= 0.3 is 5.97 Å². The zero-order chi connectivity index (χ0) is 12.1. The standard InChI is InChI=1S/C12H15NO3/c1-4-16-12(15)11(14)10-7-5-6-9(10)8-13(2)3/h5-8H,4H2,1-3H3/b9-8+. The molecule has 0 aromatic heterocycles. The molecule has 4 heteroatoms. The molecule has 0 aromatic carbocycles. The number of ketones is 1. The Morgan fingerprint density at radius 1 is 1.44 bits per heavy atom. The highest BCUT2D eigenvalue weighted by atomic mass is 16.5. The van der Waals surface area contributed by atoms with Crippen molar-refractivity contribution in [3.05, 3.63) is 35.6 Å². The van der Waals surface area contributed by atoms with Gasteiger partial charge in [-0.15, -0.1) is 0 Å². The Labute approximate surface area is 94.9 Å². The largest absolute Gasteiger partial charge is 0.460 e. The zero-order valence-corrected chi connectivity index (χ0v) is 9.69. The maximum absolute atomic E-state index is 11.7. The first-order chi connectivity index (χ1) is 7.56. The molecule has 16 heavy (non-hydrogen) atoms. The van der Waals surface area contributed by atoms with Gasteiger partial charge in [0.2, 0.25) is 0 Å². The first kappa shape index (κ1) is 12.2. The molecule has 0 fully saturated rings. The highest BCUT2D eigenvalue weighted by molar-refractivity contribution is 6.42. The maximum atomic E-state index is 11.7. The average Bonchev–Trinajstić information content (AvgIpc) is 2.64. The van der Waals surface area contributed by atoms with Crippen molar-refractivity contribution >= 4 is 11.8 Å². The fraction of sp³-hybridized carbons (Fsp3) is 0.333. The third-order valence-electron chi connectivity index (χ3n) is 1.95. The molecule has 86 valence electrons. The molecule has 0 amide bonds. The minimum absolute atomic E-state index is 0.206. The second-order valence-corrected chi connectivity index (χ2v) is 3.54. The molecule has 0 atom stereocenters. The lowest BCUT2D eigenvalue weighted by Crippen LogP contribution is -2.20. The smallest absolute Gasteiger partial charge is 0.379 e. The Morgan fingerprint density at radius 2 is 2.12 bits per heavy atom. The molecular weight excluding hydrogens is 206 g/mol. The van der Waals surface area contributed by atoms with Gasteiger partial charge in [0.1, 0.15) is 0 Å². The van der Waals surface area contributed by atoms with Crippen molar-refractivity contribution in [2.75, 3.05) is 20.7 Å². The Bertz CT molecular complexity index is 389. The number of hydrogen-bond donors (Lipinski definition) is 0. The summed E-state index contributed by atoms with van der Waals surface area (Å²) in [5.74, 6) is -1.40. The second-order valence-electron chi connectivity index (χ2n) is 3.54. The minimum Gasteiger partial charge on any atom is -0.460 e. The summed E-state index contributed by atoms with van der Waals surface area (Å²) in [5.41, 5.74) is 1.11. The van der Waals surface area contributed by atoms with Crippen LogP contribution in [0.15, 0.2) is 35.6 Å². The Kier molecular flexibility index (Phi) is 4.05. The predicted molar refractivity (Wildman–Crippen MR) is 60.6 cm³/mol. The van der Waals surface area contributed by atoms with Crippen molar-refractivity contribution in [2.45, 2.75) is 6.92 Å². The lowest BCUT2D eigenvalue weighted by Gasteiger charge is -2.08. The van der Waals surface area contributed by atoms with E-state index in [2.05, 4.69) is 4.74 Å². The monoisotopic (exact) mass is 221 g/mol. The van der Waals surface area contributed by atoms with Gasteiger partial charge in [-0.25, -0.2) is 4.79 Å². The van der Waals surface area contributed by atoms with Gasteiger partial charge in [0.05, 0.1) is 6.61 Å². The summed E-state index contributed by atoms with van der Waals surface area (Å²) in [6, 6.07) is 0. The van der Waals surface area contributed by atoms with Crippen molar-refractivity contribution in [3.63, 3.8) is 0 Å². The molecule has 0 unspecified atom stereocenters. The number of ether oxygens (including phenoxy) is 1. The van der Waals surface area contributed by atoms with Gasteiger partial charge < -0.3 is 9.64 Å². The van der Waals surface area contributed by atoms with E-state index in [0.29, 0.717) is 5.57 Å². The van der Waals surface area contributed by atoms with E-state index in [1.54, 1.807) is 31.4 Å². The van der Waals surface area contributed by atoms with E-state index in [1.807, 2.05) is 19.0 Å². The van der Waals surface area contributed by atoms with Crippen LogP contribution in [0.4, 0.5) is 0 Å². The summed E-state index contributed by atoms with van der Waals surface area (Å²) in [6.45, 7) is 1.88. The van der Waals surface area contributed by atoms with E-state index in [1.165, 1.54) is 0 Å². The van der Waals surface area contributed by atoms with Crippen LogP contribution < -0.4 is 0 Å². The normalized spacial score (nSPS) is 16.2. The number of carbonyl (C=O) groups is 2. The number of rotatable bonds is 4. The summed E-state index contributed by atoms with van der Waals surface area (Å²) in [7, 11) is 3.71. The number of Topliss-reactive ketones (excluding diaryl/α,β-unsaturated/α-hetero) is 1. The second kappa shape index (κ2) is 5.30. The highest BCUT2D eigenvalue weighted by Crippen LogP contribution is 2.19. The van der Waals surface area contributed by atoms with Gasteiger partial charge in [-0.05, 0) is 6.92 Å². The van der Waals surface area contributed by atoms with E-state index < -0.39 is 11.8 Å². The van der Waals surface area contributed by atoms with Gasteiger partial charge in [0.25, 0.3) is 5.78 Å². The molecule has 1 aliphatic rings. The van der Waals surface area contributed by atoms with Crippen LogP contribution in [-0.2, 0) is 14.3 Å². The van der Waals surface area contributed by atoms with E-state index in [0.717, 1.165) is 5.57 Å². The fourth-order valence-electron chi connectivity index (χ4n) is 1.34. The third kappa shape index (κ3) is 2.82. The molecule has 0 aliphatic heterocycles.